The average molecular weight is 375 g/mol. The van der Waals surface area contributed by atoms with Crippen LogP contribution in [0.15, 0.2) is 0 Å². The summed E-state index contributed by atoms with van der Waals surface area (Å²) in [5, 5.41) is 2.74. The Morgan fingerprint density at radius 2 is 1.04 bits per heavy atom. The molecule has 0 bridgehead atoms. The summed E-state index contributed by atoms with van der Waals surface area (Å²) >= 11 is 0. The summed E-state index contributed by atoms with van der Waals surface area (Å²) in [4.78, 5) is 23.4. The second kappa shape index (κ2) is 17.4. The fraction of sp³-hybridized carbons (Fsp3) is 0.889. The van der Waals surface area contributed by atoms with Crippen LogP contribution in [0.4, 0.5) is 0 Å². The van der Waals surface area contributed by atoms with Crippen LogP contribution in [0.3, 0.4) is 0 Å². The Labute approximate surface area is 155 Å². The molecule has 0 aliphatic carbocycles. The molecule has 1 rings (SSSR count). The number of carbonyl (C=O) groups excluding carboxylic acids is 2. The van der Waals surface area contributed by atoms with E-state index < -0.39 is 0 Å². The van der Waals surface area contributed by atoms with Gasteiger partial charge in [-0.05, 0) is 12.8 Å². The van der Waals surface area contributed by atoms with Crippen LogP contribution in [0, 0.1) is 0 Å². The smallest absolute Gasteiger partial charge is 0.220 e. The summed E-state index contributed by atoms with van der Waals surface area (Å²) in [5.41, 5.74) is 0. The number of rotatable bonds is 0. The lowest BCUT2D eigenvalue weighted by Crippen LogP contribution is -2.28. The van der Waals surface area contributed by atoms with Crippen molar-refractivity contribution in [1.29, 1.82) is 0 Å². The van der Waals surface area contributed by atoms with Gasteiger partial charge in [-0.3, -0.25) is 9.59 Å². The summed E-state index contributed by atoms with van der Waals surface area (Å²) < 4.78 is 27.0. The van der Waals surface area contributed by atoms with E-state index in [4.69, 9.17) is 23.7 Å². The maximum atomic E-state index is 11.7. The topological polar surface area (TPSA) is 92.3 Å². The number of amides is 1. The fourth-order valence-electron chi connectivity index (χ4n) is 2.24. The van der Waals surface area contributed by atoms with Gasteiger partial charge in [-0.25, -0.2) is 0 Å². The van der Waals surface area contributed by atoms with Gasteiger partial charge >= 0.3 is 0 Å². The van der Waals surface area contributed by atoms with Gasteiger partial charge in [-0.1, -0.05) is 0 Å². The molecule has 0 spiro atoms. The van der Waals surface area contributed by atoms with E-state index in [0.29, 0.717) is 79.0 Å². The minimum atomic E-state index is -0.117. The van der Waals surface area contributed by atoms with Crippen LogP contribution in [0.5, 0.6) is 0 Å². The van der Waals surface area contributed by atoms with Gasteiger partial charge in [-0.2, -0.15) is 0 Å². The maximum Gasteiger partial charge on any atom is 0.220 e. The van der Waals surface area contributed by atoms with Crippen molar-refractivity contribution >= 4 is 11.7 Å². The van der Waals surface area contributed by atoms with E-state index in [1.54, 1.807) is 0 Å². The van der Waals surface area contributed by atoms with Crippen molar-refractivity contribution in [3.8, 4) is 0 Å². The number of ketones is 1. The second-order valence-corrected chi connectivity index (χ2v) is 5.91. The van der Waals surface area contributed by atoms with Gasteiger partial charge in [0.1, 0.15) is 5.78 Å². The number of hydrogen-bond donors (Lipinski definition) is 1. The highest BCUT2D eigenvalue weighted by Crippen LogP contribution is 2.02. The summed E-state index contributed by atoms with van der Waals surface area (Å²) in [6.45, 7) is 5.61. The first kappa shape index (κ1) is 23.0. The van der Waals surface area contributed by atoms with Crippen molar-refractivity contribution in [2.45, 2.75) is 32.1 Å². The molecule has 1 aliphatic heterocycles. The van der Waals surface area contributed by atoms with E-state index in [9.17, 15) is 9.59 Å². The Kier molecular flexibility index (Phi) is 15.3. The molecule has 8 nitrogen and oxygen atoms in total. The molecule has 152 valence electrons. The van der Waals surface area contributed by atoms with Gasteiger partial charge in [0.2, 0.25) is 5.91 Å². The second-order valence-electron chi connectivity index (χ2n) is 5.91. The Balaban J connectivity index is 2.16. The zero-order chi connectivity index (χ0) is 18.7. The molecular formula is C18H33NO7. The SMILES string of the molecule is O=C1CCCCOCCOCCOCCOCCOCCNC(=O)CC1. The third kappa shape index (κ3) is 15.2. The van der Waals surface area contributed by atoms with E-state index in [1.807, 2.05) is 0 Å². The quantitative estimate of drug-likeness (QED) is 0.667. The lowest BCUT2D eigenvalue weighted by Gasteiger charge is -2.09. The molecule has 0 saturated carbocycles. The van der Waals surface area contributed by atoms with E-state index in [0.717, 1.165) is 12.8 Å². The fourth-order valence-corrected chi connectivity index (χ4v) is 2.24. The van der Waals surface area contributed by atoms with Crippen LogP contribution in [0.1, 0.15) is 32.1 Å². The van der Waals surface area contributed by atoms with Crippen molar-refractivity contribution in [2.24, 2.45) is 0 Å². The average Bonchev–Trinajstić information content (AvgIpc) is 2.64. The molecule has 1 heterocycles. The Hall–Kier alpha value is -1.06. The molecule has 0 aromatic carbocycles. The summed E-state index contributed by atoms with van der Waals surface area (Å²) in [6, 6.07) is 0. The molecule has 0 aromatic rings. The van der Waals surface area contributed by atoms with Crippen molar-refractivity contribution < 1.29 is 33.3 Å². The third-order valence-electron chi connectivity index (χ3n) is 3.68. The van der Waals surface area contributed by atoms with E-state index in [-0.39, 0.29) is 24.5 Å². The minimum absolute atomic E-state index is 0.117. The monoisotopic (exact) mass is 375 g/mol. The van der Waals surface area contributed by atoms with Crippen LogP contribution in [0.2, 0.25) is 0 Å². The molecule has 8 heteroatoms. The molecule has 26 heavy (non-hydrogen) atoms. The lowest BCUT2D eigenvalue weighted by molar-refractivity contribution is -0.125. The van der Waals surface area contributed by atoms with Gasteiger partial charge < -0.3 is 29.0 Å². The van der Waals surface area contributed by atoms with Crippen LogP contribution in [0.25, 0.3) is 0 Å². The van der Waals surface area contributed by atoms with Crippen molar-refractivity contribution in [1.82, 2.24) is 5.32 Å². The van der Waals surface area contributed by atoms with Gasteiger partial charge in [0.25, 0.3) is 0 Å². The lowest BCUT2D eigenvalue weighted by atomic mass is 10.1. The largest absolute Gasteiger partial charge is 0.379 e. The zero-order valence-electron chi connectivity index (χ0n) is 15.7. The summed E-state index contributed by atoms with van der Waals surface area (Å²) in [5.74, 6) is -0.000484. The Morgan fingerprint density at radius 3 is 1.62 bits per heavy atom. The Bertz CT molecular complexity index is 331. The van der Waals surface area contributed by atoms with Gasteiger partial charge in [0.15, 0.2) is 0 Å². The molecule has 0 atom stereocenters. The molecule has 1 aliphatic rings. The molecule has 0 radical (unpaired) electrons. The van der Waals surface area contributed by atoms with E-state index >= 15 is 0 Å². The minimum Gasteiger partial charge on any atom is -0.379 e. The molecule has 1 fully saturated rings. The predicted molar refractivity (Wildman–Crippen MR) is 95.2 cm³/mol. The van der Waals surface area contributed by atoms with Crippen LogP contribution in [-0.4, -0.2) is 84.3 Å². The number of carbonyl (C=O) groups is 2. The summed E-state index contributed by atoms with van der Waals surface area (Å²) in [6.07, 6.45) is 2.63. The number of Topliss-reactive ketones (excluding diaryl/α,β-unsaturated/α-hetero) is 1. The molecule has 0 unspecified atom stereocenters. The van der Waals surface area contributed by atoms with E-state index in [1.165, 1.54) is 0 Å². The van der Waals surface area contributed by atoms with Crippen molar-refractivity contribution in [3.05, 3.63) is 0 Å². The first-order chi connectivity index (χ1) is 12.8. The molecule has 0 aromatic heterocycles. The summed E-state index contributed by atoms with van der Waals surface area (Å²) in [7, 11) is 0. The zero-order valence-corrected chi connectivity index (χ0v) is 15.7. The molecule has 1 N–H and O–H groups in total. The standard InChI is InChI=1S/C18H33NO7/c20-17-3-1-2-7-22-9-11-24-13-15-26-16-14-25-12-10-23-8-6-19-18(21)5-4-17/h1-16H2,(H,19,21). The molecule has 1 saturated heterocycles. The maximum absolute atomic E-state index is 11.7. The highest BCUT2D eigenvalue weighted by atomic mass is 16.6. The van der Waals surface area contributed by atoms with Crippen LogP contribution in [-0.2, 0) is 33.3 Å². The number of hydrogen-bond acceptors (Lipinski definition) is 7. The normalized spacial score (nSPS) is 22.9. The van der Waals surface area contributed by atoms with Gasteiger partial charge in [0.05, 0.1) is 59.5 Å². The first-order valence-electron chi connectivity index (χ1n) is 9.46. The van der Waals surface area contributed by atoms with Crippen molar-refractivity contribution in [3.63, 3.8) is 0 Å². The third-order valence-corrected chi connectivity index (χ3v) is 3.68. The van der Waals surface area contributed by atoms with Crippen molar-refractivity contribution in [2.75, 3.05) is 72.6 Å². The first-order valence-corrected chi connectivity index (χ1v) is 9.46. The Morgan fingerprint density at radius 1 is 0.538 bits per heavy atom. The number of ether oxygens (including phenoxy) is 5. The van der Waals surface area contributed by atoms with Gasteiger partial charge in [-0.15, -0.1) is 0 Å². The highest BCUT2D eigenvalue weighted by Gasteiger charge is 2.06. The van der Waals surface area contributed by atoms with Gasteiger partial charge in [0, 0.05) is 32.4 Å². The number of nitrogens with one attached hydrogen (secondary N) is 1. The highest BCUT2D eigenvalue weighted by molar-refractivity contribution is 5.84. The molecular weight excluding hydrogens is 342 g/mol. The van der Waals surface area contributed by atoms with Crippen LogP contribution < -0.4 is 5.32 Å². The van der Waals surface area contributed by atoms with E-state index in [2.05, 4.69) is 5.32 Å². The predicted octanol–water partition coefficient (Wildman–Crippen LogP) is 0.719. The molecule has 1 amide bonds. The van der Waals surface area contributed by atoms with Crippen LogP contribution >= 0.6 is 0 Å².